The molecule has 2 atom stereocenters. The van der Waals surface area contributed by atoms with Crippen LogP contribution in [0.15, 0.2) is 71.6 Å². The fourth-order valence-corrected chi connectivity index (χ4v) is 6.38. The summed E-state index contributed by atoms with van der Waals surface area (Å²) in [6.07, 6.45) is -0.875. The first-order valence-corrected chi connectivity index (χ1v) is 16.8. The molecule has 7 N–H and O–H groups in total. The van der Waals surface area contributed by atoms with Crippen molar-refractivity contribution in [2.75, 3.05) is 44.1 Å². The lowest BCUT2D eigenvalue weighted by Crippen LogP contribution is -2.52. The Bertz CT molecular complexity index is 1550. The van der Waals surface area contributed by atoms with Crippen molar-refractivity contribution in [2.45, 2.75) is 55.9 Å². The molecule has 0 bridgehead atoms. The van der Waals surface area contributed by atoms with Crippen LogP contribution in [-0.4, -0.2) is 90.0 Å². The number of thioether (sulfide) groups is 1. The van der Waals surface area contributed by atoms with Crippen LogP contribution >= 0.6 is 11.8 Å². The Balaban J connectivity index is 1.52. The summed E-state index contributed by atoms with van der Waals surface area (Å²) in [5, 5.41) is 39.2. The zero-order valence-electron chi connectivity index (χ0n) is 27.5. The summed E-state index contributed by atoms with van der Waals surface area (Å²) in [7, 11) is 1.59. The highest BCUT2D eigenvalue weighted by Crippen LogP contribution is 2.38. The van der Waals surface area contributed by atoms with Crippen molar-refractivity contribution in [3.8, 4) is 16.9 Å². The summed E-state index contributed by atoms with van der Waals surface area (Å²) in [6.45, 7) is 4.00. The second-order valence-corrected chi connectivity index (χ2v) is 13.2. The van der Waals surface area contributed by atoms with Crippen LogP contribution in [0.5, 0.6) is 5.75 Å². The molecule has 13 heteroatoms. The Morgan fingerprint density at radius 1 is 1.06 bits per heavy atom. The third kappa shape index (κ3) is 10.2. The Morgan fingerprint density at radius 2 is 1.81 bits per heavy atom. The van der Waals surface area contributed by atoms with Crippen LogP contribution < -0.4 is 30.9 Å². The maximum atomic E-state index is 14.1. The average molecular weight is 680 g/mol. The number of urea groups is 1. The van der Waals surface area contributed by atoms with Gasteiger partial charge in [-0.05, 0) is 54.3 Å². The topological polar surface area (TPSA) is 172 Å². The number of aliphatic hydroxyl groups is 3. The number of β-amino-alcohol motifs (C(OH)–C–C–N with tert-alkyl or cyclic N) is 1. The third-order valence-corrected chi connectivity index (χ3v) is 8.99. The molecule has 0 aliphatic carbocycles. The standard InChI is InChI=1S/C35H45N5O7S/c1-35(2,38-19-26(43)21-42)17-32(44)39-29-22-48-31-16-27(47-3)12-13-30(31)40(33(29)45)20-23-8-10-24(11-9-23)28-7-5-4-6-25(28)18-37-34(46)36-14-15-41/h4-13,16,26,29,38,41-43H,14-15,17-22H2,1-3H3,(H,39,44)(H2,36,37,46)/t26-,29+/m0/s1. The van der Waals surface area contributed by atoms with Gasteiger partial charge < -0.3 is 46.2 Å². The van der Waals surface area contributed by atoms with Gasteiger partial charge in [-0.3, -0.25) is 9.59 Å². The molecule has 3 aromatic carbocycles. The van der Waals surface area contributed by atoms with Crippen molar-refractivity contribution in [2.24, 2.45) is 0 Å². The van der Waals surface area contributed by atoms with Crippen molar-refractivity contribution < 1.29 is 34.4 Å². The molecular weight excluding hydrogens is 634 g/mol. The van der Waals surface area contributed by atoms with Crippen LogP contribution in [0.1, 0.15) is 31.4 Å². The summed E-state index contributed by atoms with van der Waals surface area (Å²) >= 11 is 1.47. The smallest absolute Gasteiger partial charge is 0.315 e. The van der Waals surface area contributed by atoms with Crippen LogP contribution in [0.2, 0.25) is 0 Å². The van der Waals surface area contributed by atoms with Gasteiger partial charge in [0.05, 0.1) is 38.7 Å². The number of hydrogen-bond acceptors (Lipinski definition) is 9. The lowest BCUT2D eigenvalue weighted by Gasteiger charge is -2.29. The van der Waals surface area contributed by atoms with E-state index in [0.29, 0.717) is 18.0 Å². The number of nitrogens with zero attached hydrogens (tertiary/aromatic N) is 1. The van der Waals surface area contributed by atoms with E-state index in [1.165, 1.54) is 11.8 Å². The third-order valence-electron chi connectivity index (χ3n) is 7.85. The first kappa shape index (κ1) is 36.7. The fraction of sp³-hybridized carbons (Fsp3) is 0.400. The van der Waals surface area contributed by atoms with Gasteiger partial charge in [0, 0.05) is 42.2 Å². The Hall–Kier alpha value is -4.14. The number of hydrogen-bond donors (Lipinski definition) is 7. The first-order chi connectivity index (χ1) is 23.0. The summed E-state index contributed by atoms with van der Waals surface area (Å²) in [5.74, 6) is 0.454. The van der Waals surface area contributed by atoms with Crippen molar-refractivity contribution in [3.05, 3.63) is 77.9 Å². The Labute approximate surface area is 285 Å². The van der Waals surface area contributed by atoms with E-state index in [-0.39, 0.29) is 57.1 Å². The van der Waals surface area contributed by atoms with E-state index in [9.17, 15) is 19.5 Å². The number of nitrogens with one attached hydrogen (secondary N) is 4. The normalized spacial score (nSPS) is 15.2. The lowest BCUT2D eigenvalue weighted by atomic mass is 9.98. The minimum Gasteiger partial charge on any atom is -0.497 e. The molecule has 0 radical (unpaired) electrons. The average Bonchev–Trinajstić information content (AvgIpc) is 3.21. The highest BCUT2D eigenvalue weighted by atomic mass is 32.2. The minimum absolute atomic E-state index is 0.0617. The predicted octanol–water partition coefficient (Wildman–Crippen LogP) is 2.39. The minimum atomic E-state index is -0.937. The highest BCUT2D eigenvalue weighted by molar-refractivity contribution is 7.99. The number of amides is 4. The van der Waals surface area contributed by atoms with Crippen LogP contribution in [0.3, 0.4) is 0 Å². The molecule has 0 spiro atoms. The Morgan fingerprint density at radius 3 is 2.52 bits per heavy atom. The van der Waals surface area contributed by atoms with Gasteiger partial charge in [0.15, 0.2) is 0 Å². The van der Waals surface area contributed by atoms with Crippen molar-refractivity contribution in [3.63, 3.8) is 0 Å². The number of methoxy groups -OCH3 is 1. The fourth-order valence-electron chi connectivity index (χ4n) is 5.28. The number of ether oxygens (including phenoxy) is 1. The number of carbonyl (C=O) groups excluding carboxylic acids is 3. The van der Waals surface area contributed by atoms with Crippen LogP contribution in [-0.2, 0) is 22.7 Å². The SMILES string of the molecule is COc1ccc2c(c1)SC[C@@H](NC(=O)CC(C)(C)NC[C@H](O)CO)C(=O)N2Cc1ccc(-c2ccccc2CNC(=O)NCCO)cc1. The molecule has 12 nitrogen and oxygen atoms in total. The number of carbonyl (C=O) groups is 3. The number of anilines is 1. The second kappa shape index (κ2) is 17.3. The summed E-state index contributed by atoms with van der Waals surface area (Å²) in [6, 6.07) is 20.1. The summed E-state index contributed by atoms with van der Waals surface area (Å²) < 4.78 is 5.44. The van der Waals surface area contributed by atoms with Gasteiger partial charge in [0.2, 0.25) is 5.91 Å². The summed E-state index contributed by atoms with van der Waals surface area (Å²) in [4.78, 5) is 41.8. The van der Waals surface area contributed by atoms with Gasteiger partial charge in [-0.15, -0.1) is 11.8 Å². The molecule has 0 saturated heterocycles. The van der Waals surface area contributed by atoms with E-state index >= 15 is 0 Å². The van der Waals surface area contributed by atoms with E-state index in [1.54, 1.807) is 12.0 Å². The van der Waals surface area contributed by atoms with Crippen molar-refractivity contribution >= 4 is 35.3 Å². The zero-order chi connectivity index (χ0) is 34.7. The van der Waals surface area contributed by atoms with E-state index in [2.05, 4.69) is 21.3 Å². The quantitative estimate of drug-likeness (QED) is 0.127. The number of rotatable bonds is 15. The van der Waals surface area contributed by atoms with Gasteiger partial charge in [-0.25, -0.2) is 4.79 Å². The number of aliphatic hydroxyl groups excluding tert-OH is 3. The summed E-state index contributed by atoms with van der Waals surface area (Å²) in [5.41, 5.74) is 3.76. The van der Waals surface area contributed by atoms with Crippen LogP contribution in [0.4, 0.5) is 10.5 Å². The molecule has 4 rings (SSSR count). The van der Waals surface area contributed by atoms with Crippen LogP contribution in [0, 0.1) is 0 Å². The molecule has 0 aromatic heterocycles. The molecule has 4 amide bonds. The van der Waals surface area contributed by atoms with E-state index in [1.807, 2.05) is 80.6 Å². The van der Waals surface area contributed by atoms with E-state index in [4.69, 9.17) is 14.9 Å². The second-order valence-electron chi connectivity index (χ2n) is 12.2. The lowest BCUT2D eigenvalue weighted by molar-refractivity contribution is -0.128. The van der Waals surface area contributed by atoms with E-state index in [0.717, 1.165) is 32.8 Å². The van der Waals surface area contributed by atoms with Crippen LogP contribution in [0.25, 0.3) is 11.1 Å². The maximum absolute atomic E-state index is 14.1. The molecule has 3 aromatic rings. The molecule has 1 heterocycles. The monoisotopic (exact) mass is 679 g/mol. The molecular formula is C35H45N5O7S. The van der Waals surface area contributed by atoms with Gasteiger partial charge in [0.25, 0.3) is 5.91 Å². The largest absolute Gasteiger partial charge is 0.497 e. The van der Waals surface area contributed by atoms with E-state index < -0.39 is 17.7 Å². The highest BCUT2D eigenvalue weighted by Gasteiger charge is 2.33. The van der Waals surface area contributed by atoms with Crippen molar-refractivity contribution in [1.82, 2.24) is 21.3 Å². The van der Waals surface area contributed by atoms with Gasteiger partial charge >= 0.3 is 6.03 Å². The maximum Gasteiger partial charge on any atom is 0.315 e. The molecule has 1 aliphatic heterocycles. The van der Waals surface area contributed by atoms with Gasteiger partial charge in [-0.1, -0.05) is 48.5 Å². The molecule has 1 aliphatic rings. The van der Waals surface area contributed by atoms with Gasteiger partial charge in [0.1, 0.15) is 11.8 Å². The number of benzene rings is 3. The van der Waals surface area contributed by atoms with Gasteiger partial charge in [-0.2, -0.15) is 0 Å². The molecule has 0 saturated carbocycles. The Kier molecular flexibility index (Phi) is 13.2. The zero-order valence-corrected chi connectivity index (χ0v) is 28.3. The van der Waals surface area contributed by atoms with Crippen molar-refractivity contribution in [1.29, 1.82) is 0 Å². The number of fused-ring (bicyclic) bond motifs is 1. The molecule has 0 unspecified atom stereocenters. The first-order valence-electron chi connectivity index (χ1n) is 15.8. The molecule has 48 heavy (non-hydrogen) atoms. The molecule has 0 fully saturated rings. The molecule has 258 valence electrons. The predicted molar refractivity (Wildman–Crippen MR) is 186 cm³/mol.